The van der Waals surface area contributed by atoms with Gasteiger partial charge in [-0.15, -0.1) is 0 Å². The fraction of sp³-hybridized carbons (Fsp3) is 0.615. The van der Waals surface area contributed by atoms with Crippen LogP contribution in [0.2, 0.25) is 0 Å². The number of rotatable bonds is 5. The van der Waals surface area contributed by atoms with Crippen molar-refractivity contribution < 1.29 is 49.0 Å². The van der Waals surface area contributed by atoms with Crippen LogP contribution >= 0.6 is 0 Å². The maximum Gasteiger partial charge on any atom is 0.436 e. The fourth-order valence-electron chi connectivity index (χ4n) is 2.24. The van der Waals surface area contributed by atoms with Gasteiger partial charge in [0.15, 0.2) is 17.3 Å². The summed E-state index contributed by atoms with van der Waals surface area (Å²) in [4.78, 5) is 2.10. The summed E-state index contributed by atoms with van der Waals surface area (Å²) in [5.41, 5.74) is -4.36. The second-order valence-electron chi connectivity index (χ2n) is 4.96. The van der Waals surface area contributed by atoms with Crippen molar-refractivity contribution in [3.63, 3.8) is 0 Å². The highest BCUT2D eigenvalue weighted by molar-refractivity contribution is 5.27. The number of hydrogen-bond acceptors (Lipinski definition) is 3. The van der Waals surface area contributed by atoms with Crippen molar-refractivity contribution in [1.82, 2.24) is 4.98 Å². The number of halogens is 9. The maximum atomic E-state index is 14.1. The van der Waals surface area contributed by atoms with Crippen molar-refractivity contribution >= 4 is 0 Å². The van der Waals surface area contributed by atoms with Crippen LogP contribution in [0.25, 0.3) is 0 Å². The molecule has 3 atom stereocenters. The Bertz CT molecular complexity index is 615. The lowest BCUT2D eigenvalue weighted by Gasteiger charge is -2.32. The number of hydrogen-bond donors (Lipinski definition) is 0. The van der Waals surface area contributed by atoms with Crippen molar-refractivity contribution in [3.8, 4) is 0 Å². The molecule has 12 heteroatoms. The minimum absolute atomic E-state index is 0.580. The summed E-state index contributed by atoms with van der Waals surface area (Å²) in [6.07, 6.45) is -15.2. The first-order chi connectivity index (χ1) is 11.3. The molecule has 0 aromatic carbocycles. The molecular formula is C13H12F9NO2. The van der Waals surface area contributed by atoms with Gasteiger partial charge in [-0.3, -0.25) is 0 Å². The van der Waals surface area contributed by atoms with E-state index in [0.29, 0.717) is 7.11 Å². The van der Waals surface area contributed by atoms with E-state index in [-0.39, 0.29) is 0 Å². The summed E-state index contributed by atoms with van der Waals surface area (Å²) in [5, 5.41) is 0. The monoisotopic (exact) mass is 385 g/mol. The van der Waals surface area contributed by atoms with Crippen LogP contribution in [0.5, 0.6) is 0 Å². The standard InChI is InChI=1S/C13H12F9NO2/c1-4(24-2)6(12(17,18)19)9(25-3)5-7(14)10(13(20,21)22)23-11(16)8(5)15/h4,6,9H,1-3H3. The molecule has 1 heterocycles. The lowest BCUT2D eigenvalue weighted by Crippen LogP contribution is -2.40. The molecule has 1 aromatic heterocycles. The average Bonchev–Trinajstić information content (AvgIpc) is 2.46. The summed E-state index contributed by atoms with van der Waals surface area (Å²) in [6.45, 7) is 0.863. The highest BCUT2D eigenvalue weighted by Crippen LogP contribution is 2.44. The van der Waals surface area contributed by atoms with Crippen LogP contribution in [0.4, 0.5) is 39.5 Å². The number of aromatic nitrogens is 1. The molecule has 0 bridgehead atoms. The number of alkyl halides is 6. The molecule has 144 valence electrons. The number of ether oxygens (including phenoxy) is 2. The topological polar surface area (TPSA) is 31.4 Å². The Morgan fingerprint density at radius 3 is 1.76 bits per heavy atom. The maximum absolute atomic E-state index is 14.1. The van der Waals surface area contributed by atoms with Crippen molar-refractivity contribution in [2.45, 2.75) is 31.5 Å². The van der Waals surface area contributed by atoms with E-state index in [1.807, 2.05) is 0 Å². The molecule has 0 saturated carbocycles. The van der Waals surface area contributed by atoms with Gasteiger partial charge in [-0.2, -0.15) is 30.7 Å². The van der Waals surface area contributed by atoms with Crippen LogP contribution in [-0.4, -0.2) is 31.5 Å². The quantitative estimate of drug-likeness (QED) is 0.556. The van der Waals surface area contributed by atoms with E-state index < -0.39 is 59.3 Å². The van der Waals surface area contributed by atoms with E-state index in [1.165, 1.54) is 0 Å². The highest BCUT2D eigenvalue weighted by Gasteiger charge is 2.52. The van der Waals surface area contributed by atoms with Gasteiger partial charge in [0, 0.05) is 14.2 Å². The molecule has 0 aliphatic rings. The second-order valence-corrected chi connectivity index (χ2v) is 4.96. The lowest BCUT2D eigenvalue weighted by atomic mass is 9.89. The molecule has 0 amide bonds. The van der Waals surface area contributed by atoms with Gasteiger partial charge >= 0.3 is 12.4 Å². The zero-order chi connectivity index (χ0) is 19.7. The molecular weight excluding hydrogens is 373 g/mol. The third-order valence-corrected chi connectivity index (χ3v) is 3.46. The van der Waals surface area contributed by atoms with E-state index in [1.54, 1.807) is 0 Å². The predicted molar refractivity (Wildman–Crippen MR) is 64.9 cm³/mol. The van der Waals surface area contributed by atoms with Crippen LogP contribution in [0.3, 0.4) is 0 Å². The Kier molecular flexibility index (Phi) is 6.32. The minimum atomic E-state index is -5.56. The smallest absolute Gasteiger partial charge is 0.381 e. The van der Waals surface area contributed by atoms with Crippen LogP contribution in [0.1, 0.15) is 24.3 Å². The van der Waals surface area contributed by atoms with Crippen molar-refractivity contribution in [3.05, 3.63) is 28.8 Å². The predicted octanol–water partition coefficient (Wildman–Crippen LogP) is 4.42. The molecule has 0 saturated heterocycles. The molecule has 3 nitrogen and oxygen atoms in total. The van der Waals surface area contributed by atoms with Crippen LogP contribution < -0.4 is 0 Å². The van der Waals surface area contributed by atoms with E-state index in [0.717, 1.165) is 14.0 Å². The first-order valence-electron chi connectivity index (χ1n) is 6.51. The van der Waals surface area contributed by atoms with E-state index in [2.05, 4.69) is 14.5 Å². The summed E-state index contributed by atoms with van der Waals surface area (Å²) in [7, 11) is 1.42. The fourth-order valence-corrected chi connectivity index (χ4v) is 2.24. The molecule has 1 aromatic rings. The van der Waals surface area contributed by atoms with E-state index in [9.17, 15) is 39.5 Å². The zero-order valence-electron chi connectivity index (χ0n) is 12.9. The van der Waals surface area contributed by atoms with Crippen molar-refractivity contribution in [2.75, 3.05) is 14.2 Å². The number of pyridine rings is 1. The van der Waals surface area contributed by atoms with Crippen LogP contribution in [0.15, 0.2) is 0 Å². The Morgan fingerprint density at radius 1 is 0.880 bits per heavy atom. The SMILES string of the molecule is COC(C)C(C(OC)c1c(F)c(F)nc(C(F)(F)F)c1F)C(F)(F)F. The summed E-state index contributed by atoms with van der Waals surface area (Å²) in [5.74, 6) is -9.99. The first kappa shape index (κ1) is 21.5. The number of nitrogens with zero attached hydrogens (tertiary/aromatic N) is 1. The summed E-state index contributed by atoms with van der Waals surface area (Å²) in [6, 6.07) is 0. The van der Waals surface area contributed by atoms with Crippen LogP contribution in [0, 0.1) is 23.5 Å². The van der Waals surface area contributed by atoms with Gasteiger partial charge < -0.3 is 9.47 Å². The van der Waals surface area contributed by atoms with Gasteiger partial charge in [-0.25, -0.2) is 13.8 Å². The Balaban J connectivity index is 3.72. The molecule has 0 aliphatic heterocycles. The molecule has 0 spiro atoms. The first-order valence-corrected chi connectivity index (χ1v) is 6.51. The van der Waals surface area contributed by atoms with E-state index in [4.69, 9.17) is 0 Å². The molecule has 3 unspecified atom stereocenters. The lowest BCUT2D eigenvalue weighted by molar-refractivity contribution is -0.233. The third kappa shape index (κ3) is 4.35. The molecule has 0 N–H and O–H groups in total. The highest BCUT2D eigenvalue weighted by atomic mass is 19.4. The third-order valence-electron chi connectivity index (χ3n) is 3.46. The molecule has 1 rings (SSSR count). The minimum Gasteiger partial charge on any atom is -0.381 e. The Labute approximate surface area is 135 Å². The van der Waals surface area contributed by atoms with Gasteiger partial charge in [0.2, 0.25) is 5.95 Å². The second kappa shape index (κ2) is 7.36. The van der Waals surface area contributed by atoms with Crippen molar-refractivity contribution in [2.24, 2.45) is 5.92 Å². The molecule has 25 heavy (non-hydrogen) atoms. The average molecular weight is 385 g/mol. The van der Waals surface area contributed by atoms with Crippen molar-refractivity contribution in [1.29, 1.82) is 0 Å². The largest absolute Gasteiger partial charge is 0.436 e. The Morgan fingerprint density at radius 2 is 1.40 bits per heavy atom. The molecule has 0 fully saturated rings. The summed E-state index contributed by atoms with van der Waals surface area (Å²) < 4.78 is 128. The van der Waals surface area contributed by atoms with Gasteiger partial charge in [-0.1, -0.05) is 0 Å². The number of methoxy groups -OCH3 is 2. The van der Waals surface area contributed by atoms with Gasteiger partial charge in [0.05, 0.1) is 11.7 Å². The van der Waals surface area contributed by atoms with Crippen LogP contribution in [-0.2, 0) is 15.7 Å². The van der Waals surface area contributed by atoms with E-state index >= 15 is 0 Å². The van der Waals surface area contributed by atoms with Gasteiger partial charge in [0.25, 0.3) is 0 Å². The molecule has 0 aliphatic carbocycles. The Hall–Kier alpha value is -1.56. The zero-order valence-corrected chi connectivity index (χ0v) is 12.9. The summed E-state index contributed by atoms with van der Waals surface area (Å²) >= 11 is 0. The van der Waals surface area contributed by atoms with Gasteiger partial charge in [-0.05, 0) is 6.92 Å². The normalized spacial score (nSPS) is 16.6. The molecule has 0 radical (unpaired) electrons. The van der Waals surface area contributed by atoms with Gasteiger partial charge in [0.1, 0.15) is 12.0 Å².